The van der Waals surface area contributed by atoms with Crippen molar-refractivity contribution in [2.75, 3.05) is 0 Å². The Morgan fingerprint density at radius 2 is 2.35 bits per heavy atom. The molecule has 0 radical (unpaired) electrons. The van der Waals surface area contributed by atoms with Crippen LogP contribution in [0.4, 0.5) is 5.69 Å². The minimum absolute atomic E-state index is 0.115. The molecule has 1 heterocycles. The average molecular weight is 291 g/mol. The molecule has 1 unspecified atom stereocenters. The van der Waals surface area contributed by atoms with Gasteiger partial charge in [0.05, 0.1) is 4.92 Å². The number of hydrogen-bond donors (Lipinski definition) is 1. The third kappa shape index (κ3) is 3.85. The third-order valence-electron chi connectivity index (χ3n) is 3.04. The molecule has 2 rings (SSSR count). The van der Waals surface area contributed by atoms with Gasteiger partial charge in [0.2, 0.25) is 0 Å². The molecule has 1 atom stereocenters. The minimum atomic E-state index is -0.354. The van der Waals surface area contributed by atoms with Crippen molar-refractivity contribution in [1.29, 1.82) is 0 Å². The molecule has 0 fully saturated rings. The molecule has 5 nitrogen and oxygen atoms in total. The number of rotatable bonds is 7. The molecule has 1 N–H and O–H groups in total. The highest BCUT2D eigenvalue weighted by Crippen LogP contribution is 2.23. The Hall–Kier alpha value is -1.79. The van der Waals surface area contributed by atoms with Gasteiger partial charge in [-0.1, -0.05) is 25.5 Å². The highest BCUT2D eigenvalue weighted by atomic mass is 32.1. The van der Waals surface area contributed by atoms with Crippen LogP contribution >= 0.6 is 11.3 Å². The summed E-state index contributed by atoms with van der Waals surface area (Å²) in [5.41, 5.74) is 1.09. The quantitative estimate of drug-likeness (QED) is 0.624. The average Bonchev–Trinajstić information content (AvgIpc) is 2.97. The first-order chi connectivity index (χ1) is 9.70. The van der Waals surface area contributed by atoms with Crippen LogP contribution in [0, 0.1) is 10.1 Å². The predicted octanol–water partition coefficient (Wildman–Crippen LogP) is 3.68. The van der Waals surface area contributed by atoms with Crippen LogP contribution in [0.1, 0.15) is 36.4 Å². The van der Waals surface area contributed by atoms with Crippen LogP contribution in [0.2, 0.25) is 0 Å². The number of nitrogens with zero attached hydrogens (tertiary/aromatic N) is 2. The molecule has 0 saturated carbocycles. The second kappa shape index (κ2) is 7.12. The van der Waals surface area contributed by atoms with E-state index in [0.717, 1.165) is 23.4 Å². The first-order valence-electron chi connectivity index (χ1n) is 6.56. The van der Waals surface area contributed by atoms with Crippen LogP contribution in [-0.4, -0.2) is 9.91 Å². The van der Waals surface area contributed by atoms with Crippen molar-refractivity contribution in [1.82, 2.24) is 10.3 Å². The van der Waals surface area contributed by atoms with Gasteiger partial charge in [-0.2, -0.15) is 0 Å². The largest absolute Gasteiger partial charge is 0.304 e. The lowest BCUT2D eigenvalue weighted by Crippen LogP contribution is -2.20. The normalized spacial score (nSPS) is 12.2. The van der Waals surface area contributed by atoms with E-state index >= 15 is 0 Å². The lowest BCUT2D eigenvalue weighted by molar-refractivity contribution is -0.384. The second-order valence-corrected chi connectivity index (χ2v) is 5.48. The Bertz CT molecular complexity index is 557. The number of aromatic nitrogens is 1. The van der Waals surface area contributed by atoms with Crippen LogP contribution in [0.15, 0.2) is 35.8 Å². The zero-order valence-electron chi connectivity index (χ0n) is 11.3. The Kier molecular flexibility index (Phi) is 5.20. The maximum atomic E-state index is 10.9. The Balaban J connectivity index is 2.10. The number of non-ortho nitro benzene ring substituents is 1. The SMILES string of the molecule is CCCC(NCc1nccs1)c1cccc([N+](=O)[O-])c1. The molecule has 0 aliphatic rings. The van der Waals surface area contributed by atoms with Gasteiger partial charge in [-0.15, -0.1) is 11.3 Å². The van der Waals surface area contributed by atoms with Crippen molar-refractivity contribution in [2.45, 2.75) is 32.4 Å². The monoisotopic (exact) mass is 291 g/mol. The minimum Gasteiger partial charge on any atom is -0.304 e. The van der Waals surface area contributed by atoms with E-state index in [1.807, 2.05) is 11.4 Å². The van der Waals surface area contributed by atoms with Crippen LogP contribution < -0.4 is 5.32 Å². The fourth-order valence-electron chi connectivity index (χ4n) is 2.08. The standard InChI is InChI=1S/C14H17N3O2S/c1-2-4-13(16-10-14-15-7-8-20-14)11-5-3-6-12(9-11)17(18)19/h3,5-9,13,16H,2,4,10H2,1H3. The summed E-state index contributed by atoms with van der Waals surface area (Å²) in [4.78, 5) is 14.7. The zero-order valence-corrected chi connectivity index (χ0v) is 12.1. The fraction of sp³-hybridized carbons (Fsp3) is 0.357. The van der Waals surface area contributed by atoms with Gasteiger partial charge in [0.25, 0.3) is 5.69 Å². The van der Waals surface area contributed by atoms with Crippen LogP contribution in [0.3, 0.4) is 0 Å². The second-order valence-electron chi connectivity index (χ2n) is 4.50. The third-order valence-corrected chi connectivity index (χ3v) is 3.82. The molecule has 0 aliphatic carbocycles. The van der Waals surface area contributed by atoms with E-state index in [0.29, 0.717) is 6.54 Å². The van der Waals surface area contributed by atoms with Gasteiger partial charge >= 0.3 is 0 Å². The van der Waals surface area contributed by atoms with Gasteiger partial charge in [0.1, 0.15) is 5.01 Å². The van der Waals surface area contributed by atoms with Crippen LogP contribution in [0.5, 0.6) is 0 Å². The summed E-state index contributed by atoms with van der Waals surface area (Å²) in [7, 11) is 0. The lowest BCUT2D eigenvalue weighted by atomic mass is 10.0. The number of nitro groups is 1. The number of nitro benzene ring substituents is 1. The summed E-state index contributed by atoms with van der Waals surface area (Å²) in [6.07, 6.45) is 3.73. The van der Waals surface area contributed by atoms with Gasteiger partial charge in [-0.25, -0.2) is 4.98 Å². The molecule has 6 heteroatoms. The fourth-order valence-corrected chi connectivity index (χ4v) is 2.65. The molecule has 1 aromatic carbocycles. The van der Waals surface area contributed by atoms with E-state index in [-0.39, 0.29) is 16.7 Å². The van der Waals surface area contributed by atoms with E-state index in [4.69, 9.17) is 0 Å². The van der Waals surface area contributed by atoms with E-state index in [2.05, 4.69) is 17.2 Å². The highest BCUT2D eigenvalue weighted by Gasteiger charge is 2.14. The number of hydrogen-bond acceptors (Lipinski definition) is 5. The first kappa shape index (κ1) is 14.6. The maximum absolute atomic E-state index is 10.9. The molecule has 0 amide bonds. The van der Waals surface area contributed by atoms with Crippen molar-refractivity contribution >= 4 is 17.0 Å². The van der Waals surface area contributed by atoms with E-state index in [1.165, 1.54) is 6.07 Å². The molecule has 106 valence electrons. The van der Waals surface area contributed by atoms with Crippen LogP contribution in [0.25, 0.3) is 0 Å². The molecule has 20 heavy (non-hydrogen) atoms. The summed E-state index contributed by atoms with van der Waals surface area (Å²) in [5, 5.41) is 17.3. The summed E-state index contributed by atoms with van der Waals surface area (Å²) in [5.74, 6) is 0. The van der Waals surface area contributed by atoms with Crippen LogP contribution in [-0.2, 0) is 6.54 Å². The van der Waals surface area contributed by atoms with Crippen molar-refractivity contribution in [3.05, 3.63) is 56.5 Å². The maximum Gasteiger partial charge on any atom is 0.269 e. The molecule has 0 spiro atoms. The Morgan fingerprint density at radius 1 is 1.50 bits per heavy atom. The molecule has 0 bridgehead atoms. The molecule has 1 aromatic heterocycles. The van der Waals surface area contributed by atoms with E-state index < -0.39 is 0 Å². The van der Waals surface area contributed by atoms with Gasteiger partial charge in [0.15, 0.2) is 0 Å². The smallest absolute Gasteiger partial charge is 0.269 e. The number of thiazole rings is 1. The molecule has 0 aliphatic heterocycles. The molecular weight excluding hydrogens is 274 g/mol. The van der Waals surface area contributed by atoms with E-state index in [9.17, 15) is 10.1 Å². The van der Waals surface area contributed by atoms with Gasteiger partial charge < -0.3 is 5.32 Å². The number of nitrogens with one attached hydrogen (secondary N) is 1. The lowest BCUT2D eigenvalue weighted by Gasteiger charge is -2.17. The van der Waals surface area contributed by atoms with Gasteiger partial charge in [-0.3, -0.25) is 10.1 Å². The van der Waals surface area contributed by atoms with Crippen molar-refractivity contribution < 1.29 is 4.92 Å². The van der Waals surface area contributed by atoms with Gasteiger partial charge in [0, 0.05) is 36.3 Å². The molecule has 2 aromatic rings. The summed E-state index contributed by atoms with van der Waals surface area (Å²) < 4.78 is 0. The summed E-state index contributed by atoms with van der Waals surface area (Å²) >= 11 is 1.60. The zero-order chi connectivity index (χ0) is 14.4. The number of benzene rings is 1. The van der Waals surface area contributed by atoms with E-state index in [1.54, 1.807) is 29.7 Å². The van der Waals surface area contributed by atoms with Crippen molar-refractivity contribution in [3.63, 3.8) is 0 Å². The van der Waals surface area contributed by atoms with Crippen molar-refractivity contribution in [2.24, 2.45) is 0 Å². The summed E-state index contributed by atoms with van der Waals surface area (Å²) in [6.45, 7) is 2.79. The predicted molar refractivity (Wildman–Crippen MR) is 79.7 cm³/mol. The van der Waals surface area contributed by atoms with Gasteiger partial charge in [-0.05, 0) is 12.0 Å². The molecule has 0 saturated heterocycles. The topological polar surface area (TPSA) is 68.1 Å². The Morgan fingerprint density at radius 3 is 3.00 bits per heavy atom. The highest BCUT2D eigenvalue weighted by molar-refractivity contribution is 7.09. The first-order valence-corrected chi connectivity index (χ1v) is 7.44. The molecular formula is C14H17N3O2S. The Labute approximate surface area is 121 Å². The van der Waals surface area contributed by atoms with Crippen molar-refractivity contribution in [3.8, 4) is 0 Å². The summed E-state index contributed by atoms with van der Waals surface area (Å²) in [6, 6.07) is 6.95.